The highest BCUT2D eigenvalue weighted by atomic mass is 33.1. The van der Waals surface area contributed by atoms with Gasteiger partial charge in [0.2, 0.25) is 5.91 Å². The fraction of sp³-hybridized carbons (Fsp3) is 0.722. The first kappa shape index (κ1) is 64.4. The first-order chi connectivity index (χ1) is 46.4. The van der Waals surface area contributed by atoms with Crippen LogP contribution in [0, 0.1) is 103 Å². The summed E-state index contributed by atoms with van der Waals surface area (Å²) in [6, 6.07) is 5.49. The molecule has 10 N–H and O–H groups in total. The number of carbonyl (C=O) groups is 2. The number of amides is 1. The van der Waals surface area contributed by atoms with Gasteiger partial charge in [0.15, 0.2) is 5.78 Å². The van der Waals surface area contributed by atoms with Crippen LogP contribution in [0.4, 0.5) is 5.69 Å². The minimum Gasteiger partial charge on any atom is -0.508 e. The number of benzene rings is 1. The molecule has 5 spiro atoms. The number of nitrogens with zero attached hydrogens (tertiary/aromatic N) is 1. The van der Waals surface area contributed by atoms with Gasteiger partial charge in [-0.2, -0.15) is 0 Å². The number of rotatable bonds is 6. The lowest BCUT2D eigenvalue weighted by Gasteiger charge is -2.73. The number of hydrogen-bond acceptors (Lipinski definition) is 17. The van der Waals surface area contributed by atoms with Crippen LogP contribution < -0.4 is 10.2 Å². The van der Waals surface area contributed by atoms with Crippen LogP contribution in [-0.2, 0) is 30.2 Å². The van der Waals surface area contributed by atoms with Crippen molar-refractivity contribution in [2.24, 2.45) is 103 Å². The Hall–Kier alpha value is -3.44. The zero-order chi connectivity index (χ0) is 67.0. The number of epoxide rings is 1. The number of allylic oxidation sites excluding steroid dienone is 5. The number of aliphatic hydroxyl groups is 8. The average Bonchev–Trinajstić information content (AvgIpc) is 1.63. The molecule has 29 unspecified atom stereocenters. The van der Waals surface area contributed by atoms with Gasteiger partial charge in [0.1, 0.15) is 28.5 Å². The Morgan fingerprint density at radius 2 is 1.70 bits per heavy atom. The highest BCUT2D eigenvalue weighted by molar-refractivity contribution is 8.76. The summed E-state index contributed by atoms with van der Waals surface area (Å²) in [6.07, 6.45) is 28.8. The molecule has 20 aliphatic rings. The number of phenolic OH excluding ortho intramolecular Hbond substituents is 1. The molecule has 10 fully saturated rings. The van der Waals surface area contributed by atoms with Gasteiger partial charge in [0, 0.05) is 68.6 Å². The summed E-state index contributed by atoms with van der Waals surface area (Å²) in [4.78, 5) is 36.1. The SMILES string of the molecule is CC(C)C(C)C1OC1C1(O)CC=CC23CC4C5=CC(=O)C6(CC(O)C(O)(CO)CC46C)C(O)SSCC4CC6C=CC7=CC8CC(C9%10C=CC%11CCCCC%11(N9)C9CC%11OCC=CC%11=CC9C%10)C(O)C89CN(C(=O)C49C7(CO)C6)c4cc(O)cc(c4)CCC24C1CCC54OCC3O. The molecule has 522 valence electrons. The topological polar surface area (TPSA) is 262 Å². The largest absolute Gasteiger partial charge is 0.508 e. The predicted octanol–water partition coefficient (Wildman–Crippen LogP) is 8.28. The zero-order valence-corrected chi connectivity index (χ0v) is 58.2. The van der Waals surface area contributed by atoms with Crippen LogP contribution in [0.15, 0.2) is 102 Å². The van der Waals surface area contributed by atoms with Gasteiger partial charge in [0.05, 0.1) is 73.4 Å². The number of carbonyl (C=O) groups excluding carboxylic acids is 2. The van der Waals surface area contributed by atoms with Gasteiger partial charge in [-0.15, -0.1) is 0 Å². The molecule has 9 aliphatic heterocycles. The van der Waals surface area contributed by atoms with E-state index in [1.165, 1.54) is 16.4 Å². The maximum Gasteiger partial charge on any atom is 0.235 e. The van der Waals surface area contributed by atoms with Crippen molar-refractivity contribution >= 4 is 39.0 Å². The van der Waals surface area contributed by atoms with Crippen LogP contribution in [0.1, 0.15) is 136 Å². The molecule has 97 heavy (non-hydrogen) atoms. The standard InChI is InChI=1S/C79H100N2O14S2/c1-42(2)43(3)63-65(95-63)76(92)18-8-16-69-34-57-55-31-60(85)73(35-61(86)72(91,41-83)38-68(57,73)4)67(90)97-96-37-51-23-45-11-12-49-27-50-28-56(71-19-14-48-10-5-6-17-75(48,80-71)54-30-58-46(9-7-22-93-58)26-47(54)33-71)64(88)74(50)39-81(66(89)79(51,74)70(49,32-45)40-82)52-24-44(25-53(84)29-52)13-20-77(69)59(76)15-21-78(55,77)94-36-62(69)87/h7-9,11-12,14,16,19,24-27,29,31,42-43,45,47-48,50-51,54,56-59,61-65,67,80,82-84,86-88,90-92H,5-6,10,13,15,17-18,20-23,28,30,32-41H2,1-4H3. The van der Waals surface area contributed by atoms with Gasteiger partial charge < -0.3 is 70.4 Å². The summed E-state index contributed by atoms with van der Waals surface area (Å²) in [5.74, 6) is -1.67. The molecular weight excluding hydrogens is 1270 g/mol. The number of ketones is 1. The van der Waals surface area contributed by atoms with Gasteiger partial charge in [-0.3, -0.25) is 9.59 Å². The Morgan fingerprint density at radius 3 is 2.52 bits per heavy atom. The highest BCUT2D eigenvalue weighted by Crippen LogP contribution is 2.84. The molecule has 0 radical (unpaired) electrons. The van der Waals surface area contributed by atoms with Crippen LogP contribution >= 0.6 is 21.6 Å². The number of ether oxygens (including phenoxy) is 3. The molecule has 1 aromatic carbocycles. The molecule has 0 aromatic heterocycles. The first-order valence-corrected chi connectivity index (χ1v) is 39.7. The van der Waals surface area contributed by atoms with Crippen molar-refractivity contribution < 1.29 is 69.8 Å². The van der Waals surface area contributed by atoms with Gasteiger partial charge in [0.25, 0.3) is 0 Å². The Bertz CT molecular complexity index is 3790. The third-order valence-corrected chi connectivity index (χ3v) is 35.2. The van der Waals surface area contributed by atoms with Crippen molar-refractivity contribution in [1.82, 2.24) is 5.32 Å². The van der Waals surface area contributed by atoms with E-state index < -0.39 is 120 Å². The smallest absolute Gasteiger partial charge is 0.235 e. The molecule has 11 aliphatic carbocycles. The summed E-state index contributed by atoms with van der Waals surface area (Å²) in [5, 5.41) is 122. The molecule has 1 amide bonds. The average molecular weight is 1370 g/mol. The van der Waals surface area contributed by atoms with Gasteiger partial charge in [-0.1, -0.05) is 123 Å². The monoisotopic (exact) mass is 1360 g/mol. The second-order valence-corrected chi connectivity index (χ2v) is 38.1. The normalized spacial score (nSPS) is 54.6. The molecule has 14 bridgehead atoms. The van der Waals surface area contributed by atoms with E-state index in [1.54, 1.807) is 18.2 Å². The van der Waals surface area contributed by atoms with Gasteiger partial charge in [-0.05, 0) is 195 Å². The summed E-state index contributed by atoms with van der Waals surface area (Å²) < 4.78 is 20.7. The van der Waals surface area contributed by atoms with Gasteiger partial charge in [-0.25, -0.2) is 0 Å². The second kappa shape index (κ2) is 20.9. The Balaban J connectivity index is 0.808. The van der Waals surface area contributed by atoms with E-state index in [0.717, 1.165) is 60.5 Å². The Morgan fingerprint density at radius 1 is 0.856 bits per heavy atom. The van der Waals surface area contributed by atoms with E-state index in [2.05, 4.69) is 80.8 Å². The van der Waals surface area contributed by atoms with Crippen LogP contribution in [0.2, 0.25) is 0 Å². The predicted molar refractivity (Wildman–Crippen MR) is 366 cm³/mol. The summed E-state index contributed by atoms with van der Waals surface area (Å²) in [5.41, 5.74) is -12.5. The minimum atomic E-state index is -2.09. The van der Waals surface area contributed by atoms with Crippen molar-refractivity contribution in [3.05, 3.63) is 107 Å². The van der Waals surface area contributed by atoms with Crippen molar-refractivity contribution in [1.29, 1.82) is 0 Å². The number of aryl methyl sites for hydroxylation is 1. The fourth-order valence-electron chi connectivity index (χ4n) is 28.4. The van der Waals surface area contributed by atoms with Crippen LogP contribution in [0.3, 0.4) is 0 Å². The minimum absolute atomic E-state index is 0.0394. The van der Waals surface area contributed by atoms with Crippen molar-refractivity contribution in [2.45, 2.75) is 207 Å². The third-order valence-electron chi connectivity index (χ3n) is 32.6. The zero-order valence-electron chi connectivity index (χ0n) is 56.6. The number of hydrogen-bond donors (Lipinski definition) is 10. The molecule has 6 saturated carbocycles. The quantitative estimate of drug-likeness (QED) is 0.0730. The molecule has 18 heteroatoms. The van der Waals surface area contributed by atoms with E-state index in [-0.39, 0.29) is 123 Å². The summed E-state index contributed by atoms with van der Waals surface area (Å²) in [7, 11) is 2.53. The lowest BCUT2D eigenvalue weighted by atomic mass is 9.33. The Labute approximate surface area is 577 Å². The maximum atomic E-state index is 17.7. The first-order valence-electron chi connectivity index (χ1n) is 37.4. The van der Waals surface area contributed by atoms with E-state index in [0.29, 0.717) is 68.2 Å². The number of aliphatic hydroxyl groups excluding tert-OH is 6. The lowest BCUT2D eigenvalue weighted by Crippen LogP contribution is -2.77. The number of aromatic hydroxyl groups is 1. The third kappa shape index (κ3) is 7.48. The summed E-state index contributed by atoms with van der Waals surface area (Å²) in [6.45, 7) is 7.94. The van der Waals surface area contributed by atoms with Crippen molar-refractivity contribution in [3.8, 4) is 5.75 Å². The summed E-state index contributed by atoms with van der Waals surface area (Å²) >= 11 is 0. The number of nitrogens with one attached hydrogen (secondary N) is 1. The van der Waals surface area contributed by atoms with Crippen LogP contribution in [0.25, 0.3) is 0 Å². The molecule has 16 nitrogen and oxygen atoms in total. The highest BCUT2D eigenvalue weighted by Gasteiger charge is 2.87. The Kier molecular flexibility index (Phi) is 13.9. The van der Waals surface area contributed by atoms with E-state index >= 15 is 9.59 Å². The van der Waals surface area contributed by atoms with Crippen molar-refractivity contribution in [2.75, 3.05) is 43.6 Å². The van der Waals surface area contributed by atoms with E-state index in [9.17, 15) is 46.0 Å². The molecule has 9 heterocycles. The lowest BCUT2D eigenvalue weighted by molar-refractivity contribution is -0.301. The molecule has 21 rings (SSSR count). The molecule has 1 aromatic rings. The molecular formula is C79H100N2O14S2. The number of phenols is 1. The van der Waals surface area contributed by atoms with Crippen LogP contribution in [0.5, 0.6) is 5.75 Å². The number of fused-ring (bicyclic) bond motifs is 5. The van der Waals surface area contributed by atoms with Gasteiger partial charge >= 0.3 is 0 Å². The molecule has 29 atom stereocenters. The van der Waals surface area contributed by atoms with E-state index in [1.807, 2.05) is 24.0 Å². The second-order valence-electron chi connectivity index (χ2n) is 35.6. The maximum absolute atomic E-state index is 17.7. The van der Waals surface area contributed by atoms with Crippen molar-refractivity contribution in [3.63, 3.8) is 0 Å². The number of piperidine rings is 1. The number of anilines is 1. The molecule has 4 saturated heterocycles. The fourth-order valence-corrected chi connectivity index (χ4v) is 31.5. The van der Waals surface area contributed by atoms with E-state index in [4.69, 9.17) is 14.2 Å². The van der Waals surface area contributed by atoms with Crippen LogP contribution in [-0.4, -0.2) is 166 Å².